The van der Waals surface area contributed by atoms with Crippen molar-refractivity contribution in [2.24, 2.45) is 0 Å². The summed E-state index contributed by atoms with van der Waals surface area (Å²) in [6.07, 6.45) is -0.881. The second kappa shape index (κ2) is 20.0. The Bertz CT molecular complexity index is 3250. The second-order valence-electron chi connectivity index (χ2n) is 18.9. The third-order valence-electron chi connectivity index (χ3n) is 13.8. The van der Waals surface area contributed by atoms with Crippen LogP contribution in [0, 0.1) is 13.8 Å². The van der Waals surface area contributed by atoms with E-state index in [-0.39, 0.29) is 55.1 Å². The number of carbonyl (C=O) groups is 4. The zero-order valence-corrected chi connectivity index (χ0v) is 41.1. The first-order chi connectivity index (χ1) is 35.8. The molecule has 2 aromatic carbocycles. The molecule has 3 atom stereocenters. The molecule has 17 nitrogen and oxygen atoms in total. The maximum absolute atomic E-state index is 14.3. The van der Waals surface area contributed by atoms with E-state index in [1.807, 2.05) is 43.9 Å². The average Bonchev–Trinajstić information content (AvgIpc) is 3.53. The fourth-order valence-electron chi connectivity index (χ4n) is 9.88. The summed E-state index contributed by atoms with van der Waals surface area (Å²) in [6.45, 7) is 8.44. The molecule has 0 saturated carbocycles. The van der Waals surface area contributed by atoms with E-state index in [9.17, 15) is 41.1 Å². The molecule has 8 heterocycles. The molecular weight excluding hydrogens is 982 g/mol. The number of pyridine rings is 3. The molecule has 0 spiro atoms. The molecular formula is C53H50F5N11O6. The van der Waals surface area contributed by atoms with Crippen LogP contribution in [0.4, 0.5) is 56.3 Å². The van der Waals surface area contributed by atoms with Crippen LogP contribution in [0.3, 0.4) is 0 Å². The van der Waals surface area contributed by atoms with Crippen LogP contribution >= 0.6 is 0 Å². The molecule has 22 heteroatoms. The first kappa shape index (κ1) is 50.5. The molecule has 4 aliphatic rings. The highest BCUT2D eigenvalue weighted by molar-refractivity contribution is 6.07. The van der Waals surface area contributed by atoms with Gasteiger partial charge in [0.1, 0.15) is 17.4 Å². The molecule has 2 saturated heterocycles. The molecule has 0 radical (unpaired) electrons. The molecule has 2 N–H and O–H groups in total. The summed E-state index contributed by atoms with van der Waals surface area (Å²) < 4.78 is 80.5. The number of aryl methyl sites for hydroxylation is 2. The topological polar surface area (TPSA) is 188 Å². The number of hydrogen-bond acceptors (Lipinski definition) is 13. The van der Waals surface area contributed by atoms with E-state index >= 15 is 0 Å². The summed E-state index contributed by atoms with van der Waals surface area (Å²) in [4.78, 5) is 74.0. The van der Waals surface area contributed by atoms with Gasteiger partial charge in [0.25, 0.3) is 23.6 Å². The van der Waals surface area contributed by atoms with Crippen LogP contribution in [-0.4, -0.2) is 113 Å². The van der Waals surface area contributed by atoms with Crippen LogP contribution in [-0.2, 0) is 31.2 Å². The highest BCUT2D eigenvalue weighted by atomic mass is 19.4. The van der Waals surface area contributed by atoms with Crippen molar-refractivity contribution in [1.82, 2.24) is 25.1 Å². The minimum atomic E-state index is -4.73. The molecule has 4 amide bonds. The van der Waals surface area contributed by atoms with Gasteiger partial charge in [-0.05, 0) is 105 Å². The van der Waals surface area contributed by atoms with Gasteiger partial charge in [0.05, 0.1) is 49.0 Å². The molecule has 4 aliphatic heterocycles. The molecule has 10 rings (SSSR count). The van der Waals surface area contributed by atoms with E-state index < -0.39 is 47.4 Å². The quantitative estimate of drug-likeness (QED) is 0.118. The number of carbonyl (C=O) groups excluding carboxylic acids is 4. The average molecular weight is 1030 g/mol. The number of likely N-dealkylation sites (N-methyl/N-ethyl adjacent to an activating group) is 1. The molecule has 4 aromatic heterocycles. The minimum absolute atomic E-state index is 0.0264. The highest BCUT2D eigenvalue weighted by Crippen LogP contribution is 2.42. The van der Waals surface area contributed by atoms with Gasteiger partial charge >= 0.3 is 6.18 Å². The van der Waals surface area contributed by atoms with E-state index in [4.69, 9.17) is 14.5 Å². The molecule has 388 valence electrons. The Labute approximate surface area is 427 Å². The molecule has 75 heavy (non-hydrogen) atoms. The number of anilines is 6. The number of fused-ring (bicyclic) bond motifs is 6. The Morgan fingerprint density at radius 2 is 1.40 bits per heavy atom. The highest BCUT2D eigenvalue weighted by Gasteiger charge is 2.44. The molecule has 6 aromatic rings. The lowest BCUT2D eigenvalue weighted by Crippen LogP contribution is -2.61. The number of nitrogens with zero attached hydrogens (tertiary/aromatic N) is 9. The predicted molar refractivity (Wildman–Crippen MR) is 268 cm³/mol. The molecule has 2 fully saturated rings. The van der Waals surface area contributed by atoms with Gasteiger partial charge in [-0.1, -0.05) is 12.1 Å². The Kier molecular flexibility index (Phi) is 13.5. The van der Waals surface area contributed by atoms with Crippen LogP contribution in [0.2, 0.25) is 0 Å². The number of alkyl halides is 5. The summed E-state index contributed by atoms with van der Waals surface area (Å²) in [5.74, 6) is -4.12. The van der Waals surface area contributed by atoms with E-state index in [0.717, 1.165) is 40.2 Å². The van der Waals surface area contributed by atoms with Crippen LogP contribution in [0.25, 0.3) is 22.4 Å². The summed E-state index contributed by atoms with van der Waals surface area (Å²) in [6, 6.07) is 17.5. The van der Waals surface area contributed by atoms with E-state index in [1.54, 1.807) is 46.3 Å². The number of halogens is 5. The largest absolute Gasteiger partial charge is 0.433 e. The lowest BCUT2D eigenvalue weighted by Gasteiger charge is -2.46. The zero-order valence-electron chi connectivity index (χ0n) is 41.1. The van der Waals surface area contributed by atoms with Gasteiger partial charge in [-0.2, -0.15) is 22.0 Å². The van der Waals surface area contributed by atoms with Gasteiger partial charge in [-0.3, -0.25) is 38.9 Å². The van der Waals surface area contributed by atoms with Gasteiger partial charge in [-0.15, -0.1) is 10.2 Å². The van der Waals surface area contributed by atoms with Crippen molar-refractivity contribution in [1.29, 1.82) is 0 Å². The normalized spacial score (nSPS) is 18.7. The Morgan fingerprint density at radius 1 is 0.747 bits per heavy atom. The van der Waals surface area contributed by atoms with Crippen molar-refractivity contribution < 1.29 is 50.6 Å². The van der Waals surface area contributed by atoms with Gasteiger partial charge in [0.15, 0.2) is 11.6 Å². The predicted octanol–water partition coefficient (Wildman–Crippen LogP) is 8.22. The number of hydrogen-bond donors (Lipinski definition) is 2. The molecule has 2 unspecified atom stereocenters. The van der Waals surface area contributed by atoms with Crippen molar-refractivity contribution in [3.8, 4) is 22.4 Å². The number of morpholine rings is 2. The SMILES string of the molecule is CCN1C(=O)[C@@H]2COC(CCN3C(=O)CC4COCCN4c4cc(-c5cc(NC(=O)c6ccnc(C(C)(F)F)c6)ccc5C)cnc43)CN2c2cc(-c3cc(NC(=O)c4ccnc(C(F)(F)F)c4)ccc3C)nnc21. The summed E-state index contributed by atoms with van der Waals surface area (Å²) in [5.41, 5.74) is 4.30. The monoisotopic (exact) mass is 1030 g/mol. The van der Waals surface area contributed by atoms with Crippen LogP contribution in [0.5, 0.6) is 0 Å². The zero-order chi connectivity index (χ0) is 52.9. The second-order valence-corrected chi connectivity index (χ2v) is 18.9. The van der Waals surface area contributed by atoms with E-state index in [0.29, 0.717) is 85.7 Å². The first-order valence-electron chi connectivity index (χ1n) is 24.3. The van der Waals surface area contributed by atoms with Crippen molar-refractivity contribution >= 4 is 58.0 Å². The maximum atomic E-state index is 14.3. The van der Waals surface area contributed by atoms with Gasteiger partial charge in [0.2, 0.25) is 5.91 Å². The minimum Gasteiger partial charge on any atom is -0.377 e. The fraction of sp³-hybridized carbons (Fsp3) is 0.340. The van der Waals surface area contributed by atoms with E-state index in [1.165, 1.54) is 18.3 Å². The number of rotatable bonds is 11. The van der Waals surface area contributed by atoms with Gasteiger partial charge < -0.3 is 29.9 Å². The van der Waals surface area contributed by atoms with Crippen LogP contribution in [0.1, 0.15) is 69.9 Å². The Balaban J connectivity index is 0.896. The Hall–Kier alpha value is -7.98. The molecule has 0 bridgehead atoms. The van der Waals surface area contributed by atoms with Gasteiger partial charge in [0, 0.05) is 91.7 Å². The first-order valence-corrected chi connectivity index (χ1v) is 24.3. The third-order valence-corrected chi connectivity index (χ3v) is 13.8. The summed E-state index contributed by atoms with van der Waals surface area (Å²) in [7, 11) is 0. The summed E-state index contributed by atoms with van der Waals surface area (Å²) in [5, 5.41) is 14.6. The number of aromatic nitrogens is 5. The van der Waals surface area contributed by atoms with Crippen molar-refractivity contribution in [3.05, 3.63) is 125 Å². The van der Waals surface area contributed by atoms with Crippen molar-refractivity contribution in [2.45, 2.75) is 70.8 Å². The smallest absolute Gasteiger partial charge is 0.377 e. The number of amides is 4. The number of ether oxygens (including phenoxy) is 2. The third kappa shape index (κ3) is 10.2. The number of benzene rings is 2. The van der Waals surface area contributed by atoms with Crippen LogP contribution < -0.4 is 30.2 Å². The van der Waals surface area contributed by atoms with E-state index in [2.05, 4.69) is 35.7 Å². The lowest BCUT2D eigenvalue weighted by atomic mass is 10.00. The molecule has 0 aliphatic carbocycles. The maximum Gasteiger partial charge on any atom is 0.433 e. The summed E-state index contributed by atoms with van der Waals surface area (Å²) >= 11 is 0. The van der Waals surface area contributed by atoms with Crippen molar-refractivity contribution in [3.63, 3.8) is 0 Å². The fourth-order valence-corrected chi connectivity index (χ4v) is 9.88. The lowest BCUT2D eigenvalue weighted by molar-refractivity contribution is -0.141. The Morgan fingerprint density at radius 3 is 2.08 bits per heavy atom. The standard InChI is InChI=1S/C53H50F5N11O6/c1-5-66-48-42(24-40(64-65-48)39-22-35(9-7-30(39)3)63-50(72)32-11-14-60-45(20-32)53(56,57)58)69-26-37(75-28-43(69)51(66)73)12-15-68-46(70)23-36-27-74-17-16-67(36)41-18-33(25-61-47(41)68)38-21-34(8-6-29(38)2)62-49(71)31-10-13-59-44(19-31)52(4,54)55/h6-11,13-14,18-22,24-25,36-37,43H,5,12,15-17,23,26-28H2,1-4H3,(H,62,71)(H,63,72)/t36?,37?,43-/m0/s1. The van der Waals surface area contributed by atoms with Crippen LogP contribution in [0.15, 0.2) is 91.4 Å². The van der Waals surface area contributed by atoms with Gasteiger partial charge in [-0.25, -0.2) is 4.98 Å². The number of nitrogens with one attached hydrogen (secondary N) is 2. The van der Waals surface area contributed by atoms with Crippen molar-refractivity contribution in [2.75, 3.05) is 76.2 Å².